The highest BCUT2D eigenvalue weighted by molar-refractivity contribution is 6.06. The van der Waals surface area contributed by atoms with Gasteiger partial charge in [0.15, 0.2) is 0 Å². The highest BCUT2D eigenvalue weighted by atomic mass is 16.2. The van der Waals surface area contributed by atoms with Crippen molar-refractivity contribution in [2.45, 2.75) is 32.2 Å². The Hall–Kier alpha value is -1.92. The van der Waals surface area contributed by atoms with Gasteiger partial charge in [0.2, 0.25) is 17.7 Å². The number of amides is 4. The van der Waals surface area contributed by atoms with Crippen molar-refractivity contribution in [3.05, 3.63) is 0 Å². The van der Waals surface area contributed by atoms with Crippen molar-refractivity contribution in [2.75, 3.05) is 19.6 Å². The summed E-state index contributed by atoms with van der Waals surface area (Å²) in [4.78, 5) is 49.5. The van der Waals surface area contributed by atoms with Gasteiger partial charge in [0.1, 0.15) is 12.1 Å². The fraction of sp³-hybridized carbons (Fsp3) is 0.667. The predicted molar refractivity (Wildman–Crippen MR) is 64.8 cm³/mol. The minimum atomic E-state index is -1.08. The maximum Gasteiger partial charge on any atom is 0.252 e. The molecule has 1 N–H and O–H groups in total. The normalized spacial score (nSPS) is 22.7. The lowest BCUT2D eigenvalue weighted by atomic mass is 9.98. The van der Waals surface area contributed by atoms with Gasteiger partial charge in [-0.15, -0.1) is 0 Å². The van der Waals surface area contributed by atoms with Crippen LogP contribution in [0.5, 0.6) is 0 Å². The molecule has 7 heteroatoms. The minimum absolute atomic E-state index is 0.0565. The van der Waals surface area contributed by atoms with Crippen LogP contribution in [0.25, 0.3) is 0 Å². The molecular weight excluding hydrogens is 250 g/mol. The van der Waals surface area contributed by atoms with E-state index in [1.807, 2.05) is 0 Å². The summed E-state index contributed by atoms with van der Waals surface area (Å²) >= 11 is 0. The van der Waals surface area contributed by atoms with Gasteiger partial charge in [0.25, 0.3) is 5.91 Å². The number of hydrogen-bond acceptors (Lipinski definition) is 4. The van der Waals surface area contributed by atoms with Crippen LogP contribution in [0.4, 0.5) is 0 Å². The Labute approximate surface area is 110 Å². The summed E-state index contributed by atoms with van der Waals surface area (Å²) in [5.74, 6) is -1.42. The van der Waals surface area contributed by atoms with E-state index in [1.54, 1.807) is 13.8 Å². The van der Waals surface area contributed by atoms with Gasteiger partial charge in [0.05, 0.1) is 6.54 Å². The van der Waals surface area contributed by atoms with E-state index < -0.39 is 17.4 Å². The molecule has 2 rings (SSSR count). The van der Waals surface area contributed by atoms with E-state index in [9.17, 15) is 19.2 Å². The molecule has 0 aromatic heterocycles. The first-order valence-electron chi connectivity index (χ1n) is 6.25. The number of likely N-dealkylation sites (tertiary alicyclic amines) is 1. The van der Waals surface area contributed by atoms with Crippen molar-refractivity contribution in [3.63, 3.8) is 0 Å². The highest BCUT2D eigenvalue weighted by Crippen LogP contribution is 2.19. The number of imide groups is 1. The van der Waals surface area contributed by atoms with Crippen LogP contribution in [0.1, 0.15) is 26.7 Å². The minimum Gasteiger partial charge on any atom is -0.333 e. The second kappa shape index (κ2) is 4.64. The monoisotopic (exact) mass is 267 g/mol. The van der Waals surface area contributed by atoms with Crippen LogP contribution in [0.2, 0.25) is 0 Å². The molecule has 104 valence electrons. The summed E-state index contributed by atoms with van der Waals surface area (Å²) in [6.07, 6.45) is 1.20. The number of rotatable bonds is 2. The Bertz CT molecular complexity index is 458. The zero-order valence-corrected chi connectivity index (χ0v) is 11.1. The summed E-state index contributed by atoms with van der Waals surface area (Å²) in [7, 11) is 0. The SMILES string of the molecule is CC1(C)C(=O)NC(=O)CN1C(=O)CN1CCCC1=O. The first-order valence-corrected chi connectivity index (χ1v) is 6.25. The molecule has 2 fully saturated rings. The Morgan fingerprint density at radius 2 is 2.00 bits per heavy atom. The lowest BCUT2D eigenvalue weighted by Crippen LogP contribution is -2.66. The van der Waals surface area contributed by atoms with Crippen molar-refractivity contribution in [2.24, 2.45) is 0 Å². The Morgan fingerprint density at radius 1 is 1.32 bits per heavy atom. The molecule has 0 bridgehead atoms. The molecule has 7 nitrogen and oxygen atoms in total. The van der Waals surface area contributed by atoms with Crippen molar-refractivity contribution >= 4 is 23.6 Å². The maximum atomic E-state index is 12.2. The number of nitrogens with zero attached hydrogens (tertiary/aromatic N) is 2. The number of piperazine rings is 1. The predicted octanol–water partition coefficient (Wildman–Crippen LogP) is -1.13. The van der Waals surface area contributed by atoms with E-state index in [0.29, 0.717) is 13.0 Å². The van der Waals surface area contributed by atoms with Gasteiger partial charge in [-0.3, -0.25) is 24.5 Å². The molecule has 2 aliphatic heterocycles. The molecule has 0 unspecified atom stereocenters. The van der Waals surface area contributed by atoms with Crippen LogP contribution in [0.3, 0.4) is 0 Å². The van der Waals surface area contributed by atoms with Crippen molar-refractivity contribution in [3.8, 4) is 0 Å². The van der Waals surface area contributed by atoms with Crippen molar-refractivity contribution in [1.29, 1.82) is 0 Å². The van der Waals surface area contributed by atoms with Crippen LogP contribution in [-0.2, 0) is 19.2 Å². The third-order valence-electron chi connectivity index (χ3n) is 3.58. The van der Waals surface area contributed by atoms with Crippen LogP contribution in [0, 0.1) is 0 Å². The van der Waals surface area contributed by atoms with Gasteiger partial charge in [-0.05, 0) is 20.3 Å². The molecule has 0 radical (unpaired) electrons. The molecule has 2 heterocycles. The lowest BCUT2D eigenvalue weighted by Gasteiger charge is -2.40. The van der Waals surface area contributed by atoms with Gasteiger partial charge in [-0.2, -0.15) is 0 Å². The Morgan fingerprint density at radius 3 is 2.58 bits per heavy atom. The van der Waals surface area contributed by atoms with E-state index in [4.69, 9.17) is 0 Å². The van der Waals surface area contributed by atoms with Gasteiger partial charge in [-0.1, -0.05) is 0 Å². The van der Waals surface area contributed by atoms with Gasteiger partial charge in [-0.25, -0.2) is 0 Å². The van der Waals surface area contributed by atoms with Crippen LogP contribution < -0.4 is 5.32 Å². The fourth-order valence-electron chi connectivity index (χ4n) is 2.30. The molecule has 2 saturated heterocycles. The van der Waals surface area contributed by atoms with Gasteiger partial charge < -0.3 is 9.80 Å². The van der Waals surface area contributed by atoms with E-state index >= 15 is 0 Å². The third kappa shape index (κ3) is 2.45. The average Bonchev–Trinajstić information content (AvgIpc) is 2.70. The fourth-order valence-corrected chi connectivity index (χ4v) is 2.30. The second-order valence-corrected chi connectivity index (χ2v) is 5.34. The van der Waals surface area contributed by atoms with Gasteiger partial charge >= 0.3 is 0 Å². The number of carbonyl (C=O) groups excluding carboxylic acids is 4. The molecule has 0 aromatic rings. The van der Waals surface area contributed by atoms with E-state index in [0.717, 1.165) is 6.42 Å². The smallest absolute Gasteiger partial charge is 0.252 e. The summed E-state index contributed by atoms with van der Waals surface area (Å²) in [6.45, 7) is 3.50. The zero-order valence-electron chi connectivity index (χ0n) is 11.1. The number of hydrogen-bond donors (Lipinski definition) is 1. The van der Waals surface area contributed by atoms with Crippen LogP contribution in [0.15, 0.2) is 0 Å². The first kappa shape index (κ1) is 13.5. The first-order chi connectivity index (χ1) is 8.82. The third-order valence-corrected chi connectivity index (χ3v) is 3.58. The van der Waals surface area contributed by atoms with Crippen LogP contribution in [-0.4, -0.2) is 58.6 Å². The molecule has 0 aliphatic carbocycles. The molecule has 4 amide bonds. The number of nitrogens with one attached hydrogen (secondary N) is 1. The molecule has 0 saturated carbocycles. The van der Waals surface area contributed by atoms with E-state index in [-0.39, 0.29) is 24.9 Å². The largest absolute Gasteiger partial charge is 0.333 e. The zero-order chi connectivity index (χ0) is 14.2. The lowest BCUT2D eigenvalue weighted by molar-refractivity contribution is -0.156. The number of carbonyl (C=O) groups is 4. The van der Waals surface area contributed by atoms with E-state index in [2.05, 4.69) is 5.32 Å². The molecule has 0 spiro atoms. The highest BCUT2D eigenvalue weighted by Gasteiger charge is 2.44. The maximum absolute atomic E-state index is 12.2. The molecule has 19 heavy (non-hydrogen) atoms. The van der Waals surface area contributed by atoms with E-state index in [1.165, 1.54) is 9.80 Å². The average molecular weight is 267 g/mol. The molecule has 2 aliphatic rings. The molecule has 0 atom stereocenters. The Kier molecular flexibility index (Phi) is 3.30. The van der Waals surface area contributed by atoms with Crippen molar-refractivity contribution in [1.82, 2.24) is 15.1 Å². The Balaban J connectivity index is 2.10. The van der Waals surface area contributed by atoms with Crippen molar-refractivity contribution < 1.29 is 19.2 Å². The molecule has 0 aromatic carbocycles. The molecular formula is C12H17N3O4. The second-order valence-electron chi connectivity index (χ2n) is 5.34. The summed E-state index contributed by atoms with van der Waals surface area (Å²) < 4.78 is 0. The summed E-state index contributed by atoms with van der Waals surface area (Å²) in [6, 6.07) is 0. The topological polar surface area (TPSA) is 86.8 Å². The standard InChI is InChI=1S/C12H17N3O4/c1-12(2)11(19)13-8(16)6-15(12)10(18)7-14-5-3-4-9(14)17/h3-7H2,1-2H3,(H,13,16,19). The summed E-state index contributed by atoms with van der Waals surface area (Å²) in [5.41, 5.74) is -1.08. The quantitative estimate of drug-likeness (QED) is 0.642. The van der Waals surface area contributed by atoms with Gasteiger partial charge in [0, 0.05) is 13.0 Å². The summed E-state index contributed by atoms with van der Waals surface area (Å²) in [5, 5.41) is 2.20. The van der Waals surface area contributed by atoms with Crippen LogP contribution >= 0.6 is 0 Å².